The normalized spacial score (nSPS) is 12.8. The second kappa shape index (κ2) is 18.5. The van der Waals surface area contributed by atoms with E-state index >= 15 is 0 Å². The highest BCUT2D eigenvalue weighted by Gasteiger charge is 2.39. The van der Waals surface area contributed by atoms with Crippen LogP contribution < -0.4 is 11.1 Å². The van der Waals surface area contributed by atoms with Crippen LogP contribution in [0.4, 0.5) is 26.3 Å². The van der Waals surface area contributed by atoms with Crippen molar-refractivity contribution in [2.75, 3.05) is 13.2 Å². The first-order valence-corrected chi connectivity index (χ1v) is 15.3. The van der Waals surface area contributed by atoms with Gasteiger partial charge in [-0.05, 0) is 54.8 Å². The number of alkyl halides is 6. The molecular weight excluding hydrogens is 716 g/mol. The maximum absolute atomic E-state index is 13.7. The Bertz CT molecular complexity index is 1670. The number of nitrogens with one attached hydrogen (secondary N) is 2. The number of hydrogen-bond donors (Lipinski definition) is 5. The minimum absolute atomic E-state index is 0.0824. The Morgan fingerprint density at radius 2 is 1.51 bits per heavy atom. The van der Waals surface area contributed by atoms with Gasteiger partial charge < -0.3 is 30.9 Å². The molecule has 20 heteroatoms. The van der Waals surface area contributed by atoms with E-state index in [2.05, 4.69) is 10.3 Å². The molecule has 276 valence electrons. The fourth-order valence-corrected chi connectivity index (χ4v) is 5.40. The maximum atomic E-state index is 13.7. The number of carbonyl (C=O) groups excluding carboxylic acids is 3. The molecule has 1 aliphatic heterocycles. The van der Waals surface area contributed by atoms with E-state index in [0.29, 0.717) is 43.7 Å². The lowest BCUT2D eigenvalue weighted by molar-refractivity contribution is -0.193. The van der Waals surface area contributed by atoms with Crippen LogP contribution in [-0.4, -0.2) is 87.2 Å². The van der Waals surface area contributed by atoms with E-state index in [1.54, 1.807) is 59.8 Å². The molecule has 4 rings (SSSR count). The van der Waals surface area contributed by atoms with Crippen LogP contribution in [0.1, 0.15) is 43.7 Å². The van der Waals surface area contributed by atoms with Crippen LogP contribution in [0.3, 0.4) is 0 Å². The Morgan fingerprint density at radius 3 is 2.00 bits per heavy atom. The summed E-state index contributed by atoms with van der Waals surface area (Å²) in [4.78, 5) is 64.3. The quantitative estimate of drug-likeness (QED) is 0.0926. The number of pyridine rings is 1. The van der Waals surface area contributed by atoms with Crippen LogP contribution >= 0.6 is 11.3 Å². The summed E-state index contributed by atoms with van der Waals surface area (Å²) in [6, 6.07) is 11.2. The van der Waals surface area contributed by atoms with E-state index in [1.165, 1.54) is 4.88 Å². The summed E-state index contributed by atoms with van der Waals surface area (Å²) in [7, 11) is 0. The number of amides is 2. The Kier molecular flexibility index (Phi) is 15.1. The van der Waals surface area contributed by atoms with Gasteiger partial charge in [-0.3, -0.25) is 24.8 Å². The molecule has 0 saturated heterocycles. The van der Waals surface area contributed by atoms with E-state index in [9.17, 15) is 40.7 Å². The van der Waals surface area contributed by atoms with Gasteiger partial charge >= 0.3 is 30.3 Å². The smallest absolute Gasteiger partial charge is 0.475 e. The van der Waals surface area contributed by atoms with Crippen molar-refractivity contribution in [3.05, 3.63) is 86.9 Å². The van der Waals surface area contributed by atoms with Gasteiger partial charge in [-0.2, -0.15) is 26.3 Å². The topological polar surface area (TPSA) is 213 Å². The van der Waals surface area contributed by atoms with Gasteiger partial charge in [-0.1, -0.05) is 12.1 Å². The van der Waals surface area contributed by atoms with Crippen molar-refractivity contribution in [3.8, 4) is 0 Å². The molecule has 0 saturated carbocycles. The number of fused-ring (bicyclic) bond motifs is 1. The standard InChI is InChI=1S/C27H29N5O4S.2C2HF3O2/c1-2-36-24(33)15-21-14-20-16-32(12-9-23(20)37-21)27(35)22(13-17-7-10-30-11-8-17)31-26(34)19-5-3-18(4-6-19)25(28)29;2*3-2(4,5)1(6)7/h3-8,10-11,14,22H,2,9,12-13,15-16H2,1H3,(H3,28,29)(H,31,34);2*(H,6,7)/t22-;;/m0../s1. The molecule has 2 aromatic heterocycles. The molecule has 3 heterocycles. The van der Waals surface area contributed by atoms with Crippen LogP contribution in [0.5, 0.6) is 0 Å². The van der Waals surface area contributed by atoms with Crippen molar-refractivity contribution in [2.45, 2.75) is 51.1 Å². The molecule has 0 bridgehead atoms. The summed E-state index contributed by atoms with van der Waals surface area (Å²) in [5, 5.41) is 24.7. The first-order valence-electron chi connectivity index (χ1n) is 14.5. The number of thiophene rings is 1. The molecule has 3 aromatic rings. The number of nitrogens with two attached hydrogens (primary N) is 1. The number of amidine groups is 1. The highest BCUT2D eigenvalue weighted by molar-refractivity contribution is 7.12. The van der Waals surface area contributed by atoms with Crippen LogP contribution in [0.25, 0.3) is 0 Å². The summed E-state index contributed by atoms with van der Waals surface area (Å²) in [6.45, 7) is 3.07. The molecule has 1 atom stereocenters. The average Bonchev–Trinajstić information content (AvgIpc) is 3.45. The zero-order valence-electron chi connectivity index (χ0n) is 26.5. The molecule has 0 unspecified atom stereocenters. The van der Waals surface area contributed by atoms with E-state index in [1.807, 2.05) is 18.2 Å². The molecule has 0 aliphatic carbocycles. The average molecular weight is 748 g/mol. The van der Waals surface area contributed by atoms with Crippen molar-refractivity contribution in [1.82, 2.24) is 15.2 Å². The largest absolute Gasteiger partial charge is 0.490 e. The van der Waals surface area contributed by atoms with Crippen LogP contribution in [0, 0.1) is 5.41 Å². The molecular formula is C31H31F6N5O8S. The van der Waals surface area contributed by atoms with Crippen molar-refractivity contribution in [3.63, 3.8) is 0 Å². The third kappa shape index (κ3) is 13.7. The molecule has 2 amide bonds. The first-order chi connectivity index (χ1) is 23.7. The molecule has 51 heavy (non-hydrogen) atoms. The van der Waals surface area contributed by atoms with Crippen LogP contribution in [-0.2, 0) is 49.7 Å². The van der Waals surface area contributed by atoms with Gasteiger partial charge in [0, 0.05) is 52.8 Å². The number of aliphatic carboxylic acids is 2. The lowest BCUT2D eigenvalue weighted by Gasteiger charge is -2.31. The highest BCUT2D eigenvalue weighted by Crippen LogP contribution is 2.29. The molecule has 0 fully saturated rings. The van der Waals surface area contributed by atoms with Crippen LogP contribution in [0.15, 0.2) is 54.9 Å². The molecule has 1 aromatic carbocycles. The number of aromatic nitrogens is 1. The lowest BCUT2D eigenvalue weighted by atomic mass is 10.0. The number of hydrogen-bond acceptors (Lipinski definition) is 9. The van der Waals surface area contributed by atoms with E-state index in [4.69, 9.17) is 35.7 Å². The summed E-state index contributed by atoms with van der Waals surface area (Å²) >= 11 is 1.59. The maximum Gasteiger partial charge on any atom is 0.490 e. The summed E-state index contributed by atoms with van der Waals surface area (Å²) < 4.78 is 68.5. The predicted octanol–water partition coefficient (Wildman–Crippen LogP) is 3.73. The SMILES string of the molecule is CCOC(=O)Cc1cc2c(s1)CCN(C(=O)[C@H](Cc1ccncc1)NC(=O)c1ccc(C(=N)N)cc1)C2.O=C(O)C(F)(F)F.O=C(O)C(F)(F)F. The van der Waals surface area contributed by atoms with Crippen molar-refractivity contribution in [2.24, 2.45) is 5.73 Å². The second-order valence-corrected chi connectivity index (χ2v) is 11.6. The van der Waals surface area contributed by atoms with E-state index < -0.39 is 30.3 Å². The number of nitrogen functional groups attached to an aromatic ring is 1. The van der Waals surface area contributed by atoms with E-state index in [-0.39, 0.29) is 30.0 Å². The predicted molar refractivity (Wildman–Crippen MR) is 168 cm³/mol. The van der Waals surface area contributed by atoms with Gasteiger partial charge in [0.2, 0.25) is 5.91 Å². The van der Waals surface area contributed by atoms with Gasteiger partial charge in [0.25, 0.3) is 5.91 Å². The molecule has 1 aliphatic rings. The highest BCUT2D eigenvalue weighted by atomic mass is 32.1. The Morgan fingerprint density at radius 1 is 0.980 bits per heavy atom. The number of ether oxygens (including phenoxy) is 1. The molecule has 0 spiro atoms. The monoisotopic (exact) mass is 747 g/mol. The molecule has 0 radical (unpaired) electrons. The fourth-order valence-electron chi connectivity index (χ4n) is 4.24. The third-order valence-electron chi connectivity index (χ3n) is 6.59. The second-order valence-electron chi connectivity index (χ2n) is 10.3. The van der Waals surface area contributed by atoms with Crippen molar-refractivity contribution < 1.29 is 65.3 Å². The molecule has 6 N–H and O–H groups in total. The zero-order chi connectivity index (χ0) is 38.5. The van der Waals surface area contributed by atoms with Gasteiger partial charge in [-0.25, -0.2) is 9.59 Å². The number of benzene rings is 1. The summed E-state index contributed by atoms with van der Waals surface area (Å²) in [6.07, 6.45) is -5.62. The van der Waals surface area contributed by atoms with Gasteiger partial charge in [0.15, 0.2) is 0 Å². The number of carboxylic acid groups (broad SMARTS) is 2. The number of esters is 1. The van der Waals surface area contributed by atoms with Crippen LogP contribution in [0.2, 0.25) is 0 Å². The number of carboxylic acids is 2. The Balaban J connectivity index is 0.000000543. The van der Waals surface area contributed by atoms with E-state index in [0.717, 1.165) is 16.0 Å². The van der Waals surface area contributed by atoms with Gasteiger partial charge in [-0.15, -0.1) is 11.3 Å². The summed E-state index contributed by atoms with van der Waals surface area (Å²) in [5.74, 6) is -6.41. The van der Waals surface area contributed by atoms with Crippen molar-refractivity contribution in [1.29, 1.82) is 5.41 Å². The van der Waals surface area contributed by atoms with Crippen molar-refractivity contribution >= 4 is 46.9 Å². The lowest BCUT2D eigenvalue weighted by Crippen LogP contribution is -2.50. The fraction of sp³-hybridized carbons (Fsp3) is 0.323. The Labute approximate surface area is 289 Å². The number of rotatable bonds is 9. The van der Waals surface area contributed by atoms with Gasteiger partial charge in [0.1, 0.15) is 11.9 Å². The first kappa shape index (κ1) is 41.6. The minimum Gasteiger partial charge on any atom is -0.475 e. The molecule has 13 nitrogen and oxygen atoms in total. The number of carbonyl (C=O) groups is 5. The Hall–Kier alpha value is -5.53. The third-order valence-corrected chi connectivity index (χ3v) is 7.83. The number of nitrogens with zero attached hydrogens (tertiary/aromatic N) is 2. The summed E-state index contributed by atoms with van der Waals surface area (Å²) in [5.41, 5.74) is 8.30. The van der Waals surface area contributed by atoms with Gasteiger partial charge in [0.05, 0.1) is 13.0 Å². The zero-order valence-corrected chi connectivity index (χ0v) is 27.3. The minimum atomic E-state index is -5.08. The number of halogens is 6.